The fourth-order valence-electron chi connectivity index (χ4n) is 0.895. The quantitative estimate of drug-likeness (QED) is 0.670. The number of rotatable bonds is 7. The average molecular weight is 207 g/mol. The number of hydrogen-bond acceptors (Lipinski definition) is 3. The molecule has 0 heterocycles. The van der Waals surface area contributed by atoms with Crippen LogP contribution in [-0.2, 0) is 15.5 Å². The molecule has 0 amide bonds. The predicted octanol–water partition coefficient (Wildman–Crippen LogP) is 0.768. The molecule has 0 rings (SSSR count). The van der Waals surface area contributed by atoms with Gasteiger partial charge in [-0.1, -0.05) is 0 Å². The molecule has 0 aliphatic rings. The fraction of sp³-hybridized carbons (Fsp3) is 1.00. The lowest BCUT2D eigenvalue weighted by Gasteiger charge is -2.16. The summed E-state index contributed by atoms with van der Waals surface area (Å²) >= 11 is 0. The second-order valence-corrected chi connectivity index (χ2v) is 4.98. The summed E-state index contributed by atoms with van der Waals surface area (Å²) < 4.78 is 15.9. The van der Waals surface area contributed by atoms with E-state index in [4.69, 9.17) is 4.74 Å². The van der Waals surface area contributed by atoms with E-state index in [1.807, 2.05) is 6.92 Å². The van der Waals surface area contributed by atoms with Gasteiger partial charge in [0.05, 0.1) is 6.10 Å². The van der Waals surface area contributed by atoms with Crippen LogP contribution in [0.2, 0.25) is 0 Å². The summed E-state index contributed by atoms with van der Waals surface area (Å²) in [7, 11) is 1.03. The molecular weight excluding hydrogens is 186 g/mol. The molecule has 1 N–H and O–H groups in total. The smallest absolute Gasteiger partial charge is 0.0667 e. The Balaban J connectivity index is 3.39. The highest BCUT2D eigenvalue weighted by Crippen LogP contribution is 1.93. The second kappa shape index (κ2) is 7.47. The van der Waals surface area contributed by atoms with Crippen molar-refractivity contribution in [2.75, 3.05) is 25.7 Å². The first kappa shape index (κ1) is 13.1. The third-order valence-electron chi connectivity index (χ3n) is 1.99. The summed E-state index contributed by atoms with van der Waals surface area (Å²) in [5.74, 6) is 0.773. The first-order valence-electron chi connectivity index (χ1n) is 4.62. The third-order valence-corrected chi connectivity index (χ3v) is 2.81. The zero-order valence-electron chi connectivity index (χ0n) is 9.00. The van der Waals surface area contributed by atoms with Crippen molar-refractivity contribution in [3.63, 3.8) is 0 Å². The van der Waals surface area contributed by atoms with Crippen LogP contribution in [0.15, 0.2) is 0 Å². The Bertz CT molecular complexity index is 153. The molecule has 0 aromatic rings. The van der Waals surface area contributed by atoms with Crippen molar-refractivity contribution < 1.29 is 8.95 Å². The molecule has 4 heteroatoms. The second-order valence-electron chi connectivity index (χ2n) is 3.42. The van der Waals surface area contributed by atoms with Crippen LogP contribution in [0.4, 0.5) is 0 Å². The summed E-state index contributed by atoms with van der Waals surface area (Å²) in [6.07, 6.45) is 2.94. The van der Waals surface area contributed by atoms with Gasteiger partial charge >= 0.3 is 0 Å². The highest BCUT2D eigenvalue weighted by Gasteiger charge is 2.04. The molecule has 0 aromatic carbocycles. The van der Waals surface area contributed by atoms with Crippen molar-refractivity contribution in [2.45, 2.75) is 32.4 Å². The maximum absolute atomic E-state index is 10.8. The Morgan fingerprint density at radius 1 is 1.46 bits per heavy atom. The van der Waals surface area contributed by atoms with E-state index in [0.29, 0.717) is 6.04 Å². The lowest BCUT2D eigenvalue weighted by Crippen LogP contribution is -2.34. The summed E-state index contributed by atoms with van der Waals surface area (Å²) in [6, 6.07) is 0.418. The highest BCUT2D eigenvalue weighted by molar-refractivity contribution is 7.84. The number of ether oxygens (including phenoxy) is 1. The van der Waals surface area contributed by atoms with Gasteiger partial charge < -0.3 is 10.1 Å². The van der Waals surface area contributed by atoms with E-state index in [9.17, 15) is 4.21 Å². The molecule has 3 atom stereocenters. The summed E-state index contributed by atoms with van der Waals surface area (Å²) in [5.41, 5.74) is 0. The summed E-state index contributed by atoms with van der Waals surface area (Å²) in [6.45, 7) is 4.99. The van der Waals surface area contributed by atoms with Crippen molar-refractivity contribution in [3.05, 3.63) is 0 Å². The van der Waals surface area contributed by atoms with E-state index >= 15 is 0 Å². The third kappa shape index (κ3) is 8.40. The number of hydrogen-bond donors (Lipinski definition) is 1. The van der Waals surface area contributed by atoms with Gasteiger partial charge in [-0.05, 0) is 20.3 Å². The number of nitrogens with one attached hydrogen (secondary N) is 1. The van der Waals surface area contributed by atoms with Gasteiger partial charge in [-0.2, -0.15) is 0 Å². The number of methoxy groups -OCH3 is 1. The van der Waals surface area contributed by atoms with Gasteiger partial charge in [-0.3, -0.25) is 4.21 Å². The molecule has 3 nitrogen and oxygen atoms in total. The normalized spacial score (nSPS) is 18.2. The lowest BCUT2D eigenvalue weighted by molar-refractivity contribution is 0.114. The molecule has 80 valence electrons. The molecule has 0 aliphatic carbocycles. The van der Waals surface area contributed by atoms with E-state index in [1.165, 1.54) is 0 Å². The minimum Gasteiger partial charge on any atom is -0.380 e. The molecule has 3 unspecified atom stereocenters. The molecule has 0 saturated heterocycles. The molecule has 0 aliphatic heterocycles. The van der Waals surface area contributed by atoms with E-state index in [-0.39, 0.29) is 6.10 Å². The van der Waals surface area contributed by atoms with Gasteiger partial charge in [0.2, 0.25) is 0 Å². The SMILES string of the molecule is COC(C)CNC(C)CCS(C)=O. The minimum atomic E-state index is -0.673. The fourth-order valence-corrected chi connectivity index (χ4v) is 1.58. The molecule has 13 heavy (non-hydrogen) atoms. The van der Waals surface area contributed by atoms with Crippen LogP contribution in [0.5, 0.6) is 0 Å². The molecule has 0 aromatic heterocycles. The highest BCUT2D eigenvalue weighted by atomic mass is 32.2. The van der Waals surface area contributed by atoms with Crippen molar-refractivity contribution >= 4 is 10.8 Å². The maximum atomic E-state index is 10.8. The molecular formula is C9H21NO2S. The van der Waals surface area contributed by atoms with Crippen LogP contribution in [0.1, 0.15) is 20.3 Å². The van der Waals surface area contributed by atoms with Crippen LogP contribution in [0, 0.1) is 0 Å². The first-order chi connectivity index (χ1) is 6.06. The predicted molar refractivity (Wildman–Crippen MR) is 57.5 cm³/mol. The van der Waals surface area contributed by atoms with Crippen molar-refractivity contribution in [2.24, 2.45) is 0 Å². The Morgan fingerprint density at radius 3 is 2.54 bits per heavy atom. The van der Waals surface area contributed by atoms with Gasteiger partial charge in [0.1, 0.15) is 0 Å². The van der Waals surface area contributed by atoms with Crippen molar-refractivity contribution in [3.8, 4) is 0 Å². The summed E-state index contributed by atoms with van der Waals surface area (Å²) in [5, 5.41) is 3.33. The monoisotopic (exact) mass is 207 g/mol. The van der Waals surface area contributed by atoms with E-state index in [0.717, 1.165) is 18.7 Å². The first-order valence-corrected chi connectivity index (χ1v) is 6.35. The van der Waals surface area contributed by atoms with E-state index in [2.05, 4.69) is 12.2 Å². The Labute approximate surface area is 83.7 Å². The van der Waals surface area contributed by atoms with Gasteiger partial charge in [-0.25, -0.2) is 0 Å². The topological polar surface area (TPSA) is 38.3 Å². The minimum absolute atomic E-state index is 0.245. The van der Waals surface area contributed by atoms with Gasteiger partial charge in [-0.15, -0.1) is 0 Å². The van der Waals surface area contributed by atoms with Gasteiger partial charge in [0.25, 0.3) is 0 Å². The Hall–Kier alpha value is 0.0700. The van der Waals surface area contributed by atoms with Crippen LogP contribution in [0.3, 0.4) is 0 Å². The van der Waals surface area contributed by atoms with Crippen molar-refractivity contribution in [1.82, 2.24) is 5.32 Å². The van der Waals surface area contributed by atoms with Crippen LogP contribution < -0.4 is 5.32 Å². The van der Waals surface area contributed by atoms with Crippen LogP contribution >= 0.6 is 0 Å². The molecule has 0 radical (unpaired) electrons. The zero-order valence-corrected chi connectivity index (χ0v) is 9.82. The van der Waals surface area contributed by atoms with E-state index < -0.39 is 10.8 Å². The van der Waals surface area contributed by atoms with Crippen molar-refractivity contribution in [1.29, 1.82) is 0 Å². The van der Waals surface area contributed by atoms with Gasteiger partial charge in [0, 0.05) is 42.5 Å². The van der Waals surface area contributed by atoms with Gasteiger partial charge in [0.15, 0.2) is 0 Å². The average Bonchev–Trinajstić information content (AvgIpc) is 2.10. The molecule has 0 fully saturated rings. The van der Waals surface area contributed by atoms with Crippen LogP contribution in [0.25, 0.3) is 0 Å². The lowest BCUT2D eigenvalue weighted by atomic mass is 10.2. The molecule has 0 spiro atoms. The Morgan fingerprint density at radius 2 is 2.08 bits per heavy atom. The Kier molecular flexibility index (Phi) is 7.51. The van der Waals surface area contributed by atoms with Crippen LogP contribution in [-0.4, -0.2) is 42.0 Å². The largest absolute Gasteiger partial charge is 0.380 e. The maximum Gasteiger partial charge on any atom is 0.0667 e. The standard InChI is InChI=1S/C9H21NO2S/c1-8(5-6-13(4)11)10-7-9(2)12-3/h8-10H,5-7H2,1-4H3. The molecule has 0 bridgehead atoms. The van der Waals surface area contributed by atoms with E-state index in [1.54, 1.807) is 13.4 Å². The molecule has 0 saturated carbocycles. The zero-order chi connectivity index (χ0) is 10.3. The summed E-state index contributed by atoms with van der Waals surface area (Å²) in [4.78, 5) is 0.